The van der Waals surface area contributed by atoms with Crippen LogP contribution in [-0.2, 0) is 0 Å². The number of amides is 2. The molecule has 2 N–H and O–H groups in total. The van der Waals surface area contributed by atoms with Crippen LogP contribution in [0.15, 0.2) is 22.8 Å². The van der Waals surface area contributed by atoms with Crippen molar-refractivity contribution in [1.82, 2.24) is 4.90 Å². The lowest BCUT2D eigenvalue weighted by molar-refractivity contribution is 0.217. The summed E-state index contributed by atoms with van der Waals surface area (Å²) in [4.78, 5) is 12.5. The average Bonchev–Trinajstić information content (AvgIpc) is 2.75. The lowest BCUT2D eigenvalue weighted by Gasteiger charge is -2.11. The summed E-state index contributed by atoms with van der Waals surface area (Å²) in [5.74, 6) is 1.27. The Hall–Kier alpha value is -1.45. The molecule has 1 atom stereocenters. The molecule has 0 aromatic carbocycles. The van der Waals surface area contributed by atoms with Crippen molar-refractivity contribution in [3.8, 4) is 0 Å². The van der Waals surface area contributed by atoms with Gasteiger partial charge in [-0.2, -0.15) is 0 Å². The predicted octanol–water partition coefficient (Wildman–Crippen LogP) is 1.15. The molecule has 2 rings (SSSR count). The van der Waals surface area contributed by atoms with E-state index in [0.717, 1.165) is 18.7 Å². The number of likely N-dealkylation sites (tertiary alicyclic amines) is 1. The maximum atomic E-state index is 10.8. The average molecular weight is 180 g/mol. The maximum Gasteiger partial charge on any atom is 0.314 e. The zero-order valence-electron chi connectivity index (χ0n) is 7.27. The van der Waals surface area contributed by atoms with Crippen LogP contribution in [0.25, 0.3) is 0 Å². The van der Waals surface area contributed by atoms with E-state index in [1.165, 1.54) is 0 Å². The number of urea groups is 1. The second-order valence-electron chi connectivity index (χ2n) is 3.29. The highest BCUT2D eigenvalue weighted by Gasteiger charge is 2.27. The molecule has 1 fully saturated rings. The fraction of sp³-hybridized carbons (Fsp3) is 0.444. The first-order valence-corrected chi connectivity index (χ1v) is 4.35. The Kier molecular flexibility index (Phi) is 1.96. The Morgan fingerprint density at radius 1 is 1.69 bits per heavy atom. The van der Waals surface area contributed by atoms with Crippen LogP contribution >= 0.6 is 0 Å². The van der Waals surface area contributed by atoms with Crippen LogP contribution in [0.4, 0.5) is 4.79 Å². The van der Waals surface area contributed by atoms with E-state index in [1.54, 1.807) is 11.2 Å². The third-order valence-corrected chi connectivity index (χ3v) is 2.45. The minimum Gasteiger partial charge on any atom is -0.469 e. The largest absolute Gasteiger partial charge is 0.469 e. The van der Waals surface area contributed by atoms with Crippen molar-refractivity contribution in [3.63, 3.8) is 0 Å². The molecule has 1 saturated heterocycles. The number of carbonyl (C=O) groups excluding carboxylic acids is 1. The van der Waals surface area contributed by atoms with E-state index in [1.807, 2.05) is 12.1 Å². The van der Waals surface area contributed by atoms with Gasteiger partial charge in [0.05, 0.1) is 6.26 Å². The highest BCUT2D eigenvalue weighted by atomic mass is 16.3. The smallest absolute Gasteiger partial charge is 0.314 e. The van der Waals surface area contributed by atoms with Crippen molar-refractivity contribution < 1.29 is 9.21 Å². The molecule has 4 heteroatoms. The third-order valence-electron chi connectivity index (χ3n) is 2.45. The molecule has 13 heavy (non-hydrogen) atoms. The van der Waals surface area contributed by atoms with E-state index in [2.05, 4.69) is 0 Å². The Balaban J connectivity index is 2.03. The molecule has 0 spiro atoms. The normalized spacial score (nSPS) is 22.2. The van der Waals surface area contributed by atoms with Crippen molar-refractivity contribution in [2.24, 2.45) is 5.73 Å². The molecule has 1 aromatic heterocycles. The van der Waals surface area contributed by atoms with Gasteiger partial charge in [-0.1, -0.05) is 0 Å². The quantitative estimate of drug-likeness (QED) is 0.704. The number of rotatable bonds is 1. The molecule has 1 aliphatic rings. The van der Waals surface area contributed by atoms with Crippen LogP contribution in [0.1, 0.15) is 18.1 Å². The molecular formula is C9H12N2O2. The summed E-state index contributed by atoms with van der Waals surface area (Å²) >= 11 is 0. The van der Waals surface area contributed by atoms with Gasteiger partial charge in [0.1, 0.15) is 5.76 Å². The first kappa shape index (κ1) is 8.16. The van der Waals surface area contributed by atoms with E-state index in [4.69, 9.17) is 10.2 Å². The number of carbonyl (C=O) groups is 1. The SMILES string of the molecule is NC(=O)N1CCC(c2ccco2)C1. The predicted molar refractivity (Wildman–Crippen MR) is 47.2 cm³/mol. The first-order valence-electron chi connectivity index (χ1n) is 4.35. The highest BCUT2D eigenvalue weighted by Crippen LogP contribution is 2.26. The summed E-state index contributed by atoms with van der Waals surface area (Å²) in [6.45, 7) is 1.42. The summed E-state index contributed by atoms with van der Waals surface area (Å²) in [7, 11) is 0. The zero-order valence-corrected chi connectivity index (χ0v) is 7.27. The van der Waals surface area contributed by atoms with Gasteiger partial charge >= 0.3 is 6.03 Å². The number of hydrogen-bond donors (Lipinski definition) is 1. The molecule has 4 nitrogen and oxygen atoms in total. The fourth-order valence-electron chi connectivity index (χ4n) is 1.72. The summed E-state index contributed by atoms with van der Waals surface area (Å²) in [6, 6.07) is 3.46. The molecule has 0 saturated carbocycles. The number of nitrogens with two attached hydrogens (primary N) is 1. The van der Waals surface area contributed by atoms with Crippen LogP contribution in [0.5, 0.6) is 0 Å². The van der Waals surface area contributed by atoms with Crippen LogP contribution in [0.2, 0.25) is 0 Å². The number of primary amides is 1. The summed E-state index contributed by atoms with van der Waals surface area (Å²) < 4.78 is 5.27. The molecule has 0 radical (unpaired) electrons. The molecular weight excluding hydrogens is 168 g/mol. The Labute approximate surface area is 76.3 Å². The van der Waals surface area contributed by atoms with Crippen molar-refractivity contribution in [3.05, 3.63) is 24.2 Å². The van der Waals surface area contributed by atoms with Crippen LogP contribution < -0.4 is 5.73 Å². The third kappa shape index (κ3) is 1.52. The monoisotopic (exact) mass is 180 g/mol. The van der Waals surface area contributed by atoms with Crippen molar-refractivity contribution in [1.29, 1.82) is 0 Å². The number of hydrogen-bond acceptors (Lipinski definition) is 2. The molecule has 1 aliphatic heterocycles. The zero-order chi connectivity index (χ0) is 9.26. The Morgan fingerprint density at radius 2 is 2.54 bits per heavy atom. The van der Waals surface area contributed by atoms with Crippen molar-refractivity contribution in [2.75, 3.05) is 13.1 Å². The topological polar surface area (TPSA) is 59.5 Å². The molecule has 0 aliphatic carbocycles. The lowest BCUT2D eigenvalue weighted by atomic mass is 10.1. The molecule has 2 amide bonds. The van der Waals surface area contributed by atoms with Gasteiger partial charge in [-0.3, -0.25) is 0 Å². The second kappa shape index (κ2) is 3.12. The molecule has 70 valence electrons. The van der Waals surface area contributed by atoms with Crippen LogP contribution in [-0.4, -0.2) is 24.0 Å². The molecule has 1 unspecified atom stereocenters. The van der Waals surface area contributed by atoms with Crippen molar-refractivity contribution >= 4 is 6.03 Å². The van der Waals surface area contributed by atoms with Gasteiger partial charge in [0.2, 0.25) is 0 Å². The van der Waals surface area contributed by atoms with E-state index in [9.17, 15) is 4.79 Å². The first-order chi connectivity index (χ1) is 6.27. The summed E-state index contributed by atoms with van der Waals surface area (Å²) in [5, 5.41) is 0. The number of furan rings is 1. The van der Waals surface area contributed by atoms with Gasteiger partial charge in [-0.05, 0) is 18.6 Å². The minimum absolute atomic E-state index is 0.322. The van der Waals surface area contributed by atoms with Gasteiger partial charge in [-0.25, -0.2) is 4.79 Å². The van der Waals surface area contributed by atoms with Crippen LogP contribution in [0.3, 0.4) is 0 Å². The maximum absolute atomic E-state index is 10.8. The standard InChI is InChI=1S/C9H12N2O2/c10-9(12)11-4-3-7(6-11)8-2-1-5-13-8/h1-2,5,7H,3-4,6H2,(H2,10,12). The van der Waals surface area contributed by atoms with Gasteiger partial charge in [0.25, 0.3) is 0 Å². The fourth-order valence-corrected chi connectivity index (χ4v) is 1.72. The second-order valence-corrected chi connectivity index (χ2v) is 3.29. The Morgan fingerprint density at radius 3 is 3.08 bits per heavy atom. The van der Waals surface area contributed by atoms with Gasteiger partial charge in [0, 0.05) is 19.0 Å². The lowest BCUT2D eigenvalue weighted by Crippen LogP contribution is -2.33. The van der Waals surface area contributed by atoms with E-state index < -0.39 is 0 Å². The van der Waals surface area contributed by atoms with E-state index in [-0.39, 0.29) is 6.03 Å². The minimum atomic E-state index is -0.339. The van der Waals surface area contributed by atoms with Crippen molar-refractivity contribution in [2.45, 2.75) is 12.3 Å². The summed E-state index contributed by atoms with van der Waals surface area (Å²) in [5.41, 5.74) is 5.17. The highest BCUT2D eigenvalue weighted by molar-refractivity contribution is 5.72. The number of nitrogens with zero attached hydrogens (tertiary/aromatic N) is 1. The molecule has 2 heterocycles. The summed E-state index contributed by atoms with van der Waals surface area (Å²) in [6.07, 6.45) is 2.60. The van der Waals surface area contributed by atoms with Gasteiger partial charge in [0.15, 0.2) is 0 Å². The molecule has 1 aromatic rings. The molecule has 0 bridgehead atoms. The van der Waals surface area contributed by atoms with Gasteiger partial charge < -0.3 is 15.1 Å². The van der Waals surface area contributed by atoms with E-state index in [0.29, 0.717) is 12.5 Å². The van der Waals surface area contributed by atoms with E-state index >= 15 is 0 Å². The Bertz CT molecular complexity index is 295. The van der Waals surface area contributed by atoms with Gasteiger partial charge in [-0.15, -0.1) is 0 Å². The van der Waals surface area contributed by atoms with Crippen LogP contribution in [0, 0.1) is 0 Å².